The van der Waals surface area contributed by atoms with Crippen LogP contribution in [0, 0.1) is 10.1 Å². The highest BCUT2D eigenvalue weighted by atomic mass is 16.6. The number of nitrogens with one attached hydrogen (secondary N) is 1. The van der Waals surface area contributed by atoms with Crippen molar-refractivity contribution in [3.63, 3.8) is 0 Å². The van der Waals surface area contributed by atoms with Crippen molar-refractivity contribution in [1.29, 1.82) is 0 Å². The van der Waals surface area contributed by atoms with Gasteiger partial charge in [0.05, 0.1) is 17.7 Å². The maximum Gasteiger partial charge on any atom is 0.302 e. The molecule has 0 heterocycles. The molecule has 2 aromatic carbocycles. The minimum atomic E-state index is -0.452. The Labute approximate surface area is 129 Å². The average Bonchev–Trinajstić information content (AvgIpc) is 2.55. The van der Waals surface area contributed by atoms with Crippen LogP contribution in [-0.4, -0.2) is 11.1 Å². The highest BCUT2D eigenvalue weighted by Crippen LogP contribution is 2.01. The molecule has 0 aromatic heterocycles. The Morgan fingerprint density at radius 1 is 1.05 bits per heavy atom. The molecule has 0 aliphatic rings. The van der Waals surface area contributed by atoms with Crippen LogP contribution < -0.4 is 5.32 Å². The van der Waals surface area contributed by atoms with Gasteiger partial charge in [0.1, 0.15) is 6.21 Å². The van der Waals surface area contributed by atoms with Crippen LogP contribution in [0.25, 0.3) is 0 Å². The molecule has 0 amide bonds. The molecule has 0 fully saturated rings. The minimum absolute atomic E-state index is 0.0631. The first-order chi connectivity index (χ1) is 10.8. The molecule has 1 N–H and O–H groups in total. The molecule has 112 valence electrons. The first-order valence-corrected chi connectivity index (χ1v) is 6.91. The molecule has 0 spiro atoms. The van der Waals surface area contributed by atoms with Crippen molar-refractivity contribution in [2.24, 2.45) is 4.99 Å². The second kappa shape index (κ2) is 8.36. The van der Waals surface area contributed by atoms with Gasteiger partial charge in [0.2, 0.25) is 0 Å². The molecule has 22 heavy (non-hydrogen) atoms. The first-order valence-electron chi connectivity index (χ1n) is 6.91. The molecule has 2 aromatic rings. The number of hydrogen-bond acceptors (Lipinski definition) is 4. The van der Waals surface area contributed by atoms with Crippen molar-refractivity contribution in [3.05, 3.63) is 93.8 Å². The predicted molar refractivity (Wildman–Crippen MR) is 87.0 cm³/mol. The normalized spacial score (nSPS) is 11.5. The summed E-state index contributed by atoms with van der Waals surface area (Å²) in [5.41, 5.74) is 2.01. The second-order valence-corrected chi connectivity index (χ2v) is 4.65. The lowest BCUT2D eigenvalue weighted by molar-refractivity contribution is -0.414. The molecule has 0 saturated heterocycles. The predicted octanol–water partition coefficient (Wildman–Crippen LogP) is 3.17. The van der Waals surface area contributed by atoms with Gasteiger partial charge in [0.25, 0.3) is 0 Å². The van der Waals surface area contributed by atoms with Gasteiger partial charge in [-0.3, -0.25) is 15.1 Å². The standard InChI is InChI=1S/C17H17N3O2/c21-20(22)17(13-18-11-15-7-3-1-4-8-15)14-19-12-16-9-5-2-6-10-16/h1-10,13-14,18H,11-12H2/b17-13+,19-14?. The molecule has 0 radical (unpaired) electrons. The summed E-state index contributed by atoms with van der Waals surface area (Å²) in [6.45, 7) is 0.954. The fourth-order valence-corrected chi connectivity index (χ4v) is 1.83. The molecule has 0 aliphatic carbocycles. The average molecular weight is 295 g/mol. The lowest BCUT2D eigenvalue weighted by atomic mass is 10.2. The van der Waals surface area contributed by atoms with Gasteiger partial charge in [-0.2, -0.15) is 0 Å². The summed E-state index contributed by atoms with van der Waals surface area (Å²) in [6, 6.07) is 19.3. The molecule has 0 bridgehead atoms. The fraction of sp³-hybridized carbons (Fsp3) is 0.118. The number of rotatable bonds is 7. The largest absolute Gasteiger partial charge is 0.381 e. The van der Waals surface area contributed by atoms with Gasteiger partial charge >= 0.3 is 5.70 Å². The van der Waals surface area contributed by atoms with E-state index >= 15 is 0 Å². The summed E-state index contributed by atoms with van der Waals surface area (Å²) in [6.07, 6.45) is 2.66. The first kappa shape index (κ1) is 15.4. The van der Waals surface area contributed by atoms with Gasteiger partial charge in [-0.05, 0) is 11.1 Å². The summed E-state index contributed by atoms with van der Waals surface area (Å²) in [4.78, 5) is 14.7. The van der Waals surface area contributed by atoms with Gasteiger partial charge in [-0.25, -0.2) is 0 Å². The van der Waals surface area contributed by atoms with Crippen LogP contribution in [-0.2, 0) is 13.1 Å². The Morgan fingerprint density at radius 2 is 1.64 bits per heavy atom. The summed E-state index contributed by atoms with van der Waals surface area (Å²) in [5.74, 6) is 0. The molecule has 0 atom stereocenters. The van der Waals surface area contributed by atoms with Crippen LogP contribution >= 0.6 is 0 Å². The van der Waals surface area contributed by atoms with E-state index in [1.54, 1.807) is 0 Å². The summed E-state index contributed by atoms with van der Waals surface area (Å²) < 4.78 is 0. The Hall–Kier alpha value is -2.95. The fourth-order valence-electron chi connectivity index (χ4n) is 1.83. The second-order valence-electron chi connectivity index (χ2n) is 4.65. The number of nitro groups is 1. The number of nitrogens with zero attached hydrogens (tertiary/aromatic N) is 2. The third-order valence-electron chi connectivity index (χ3n) is 2.95. The van der Waals surface area contributed by atoms with Gasteiger partial charge in [0, 0.05) is 6.54 Å². The third-order valence-corrected chi connectivity index (χ3v) is 2.95. The summed E-state index contributed by atoms with van der Waals surface area (Å²) >= 11 is 0. The van der Waals surface area contributed by atoms with E-state index in [2.05, 4.69) is 10.3 Å². The van der Waals surface area contributed by atoms with Crippen molar-refractivity contribution >= 4 is 6.21 Å². The maximum atomic E-state index is 11.0. The molecule has 5 heteroatoms. The molecule has 2 rings (SSSR count). The number of benzene rings is 2. The van der Waals surface area contributed by atoms with Crippen molar-refractivity contribution in [2.75, 3.05) is 0 Å². The van der Waals surface area contributed by atoms with E-state index in [1.165, 1.54) is 12.4 Å². The number of aliphatic imine (C=N–C) groups is 1. The highest BCUT2D eigenvalue weighted by Gasteiger charge is 2.06. The van der Waals surface area contributed by atoms with Crippen molar-refractivity contribution in [3.8, 4) is 0 Å². The van der Waals surface area contributed by atoms with Gasteiger partial charge in [-0.15, -0.1) is 0 Å². The zero-order valence-electron chi connectivity index (χ0n) is 12.1. The van der Waals surface area contributed by atoms with E-state index in [-0.39, 0.29) is 5.70 Å². The van der Waals surface area contributed by atoms with Crippen molar-refractivity contribution in [1.82, 2.24) is 5.32 Å². The van der Waals surface area contributed by atoms with E-state index in [4.69, 9.17) is 0 Å². The van der Waals surface area contributed by atoms with Gasteiger partial charge in [-0.1, -0.05) is 60.7 Å². The monoisotopic (exact) mass is 295 g/mol. The summed E-state index contributed by atoms with van der Waals surface area (Å²) in [5, 5.41) is 13.9. The Bertz CT molecular complexity index is 652. The maximum absolute atomic E-state index is 11.0. The zero-order chi connectivity index (χ0) is 15.6. The lowest BCUT2D eigenvalue weighted by Gasteiger charge is -2.00. The van der Waals surface area contributed by atoms with Crippen LogP contribution in [0.5, 0.6) is 0 Å². The third kappa shape index (κ3) is 5.20. The molecule has 0 saturated carbocycles. The number of allylic oxidation sites excluding steroid dienone is 1. The Kier molecular flexibility index (Phi) is 5.87. The topological polar surface area (TPSA) is 67.5 Å². The van der Waals surface area contributed by atoms with Crippen LogP contribution in [0.4, 0.5) is 0 Å². The van der Waals surface area contributed by atoms with Crippen LogP contribution in [0.2, 0.25) is 0 Å². The quantitative estimate of drug-likeness (QED) is 0.484. The van der Waals surface area contributed by atoms with E-state index < -0.39 is 4.92 Å². The minimum Gasteiger partial charge on any atom is -0.381 e. The molecular weight excluding hydrogens is 278 g/mol. The van der Waals surface area contributed by atoms with E-state index in [0.29, 0.717) is 13.1 Å². The van der Waals surface area contributed by atoms with Crippen LogP contribution in [0.1, 0.15) is 11.1 Å². The lowest BCUT2D eigenvalue weighted by Crippen LogP contribution is -2.10. The molecule has 0 unspecified atom stereocenters. The molecular formula is C17H17N3O2. The van der Waals surface area contributed by atoms with Gasteiger partial charge < -0.3 is 5.32 Å². The van der Waals surface area contributed by atoms with Crippen molar-refractivity contribution in [2.45, 2.75) is 13.1 Å². The van der Waals surface area contributed by atoms with Crippen LogP contribution in [0.15, 0.2) is 77.6 Å². The highest BCUT2D eigenvalue weighted by molar-refractivity contribution is 5.75. The van der Waals surface area contributed by atoms with Crippen LogP contribution in [0.3, 0.4) is 0 Å². The van der Waals surface area contributed by atoms with Gasteiger partial charge in [0.15, 0.2) is 0 Å². The zero-order valence-corrected chi connectivity index (χ0v) is 12.1. The Balaban J connectivity index is 1.91. The molecule has 5 nitrogen and oxygen atoms in total. The van der Waals surface area contributed by atoms with E-state index in [0.717, 1.165) is 11.1 Å². The molecule has 0 aliphatic heterocycles. The van der Waals surface area contributed by atoms with E-state index in [9.17, 15) is 10.1 Å². The smallest absolute Gasteiger partial charge is 0.302 e. The summed E-state index contributed by atoms with van der Waals surface area (Å²) in [7, 11) is 0. The van der Waals surface area contributed by atoms with Crippen molar-refractivity contribution < 1.29 is 4.92 Å². The van der Waals surface area contributed by atoms with E-state index in [1.807, 2.05) is 60.7 Å². The Morgan fingerprint density at radius 3 is 2.23 bits per heavy atom. The number of hydrogen-bond donors (Lipinski definition) is 1. The SMILES string of the molecule is O=[N+]([O-])/C(C=NCc1ccccc1)=C/NCc1ccccc1.